The lowest BCUT2D eigenvalue weighted by Gasteiger charge is -2.12. The van der Waals surface area contributed by atoms with Gasteiger partial charge in [-0.2, -0.15) is 0 Å². The van der Waals surface area contributed by atoms with Crippen molar-refractivity contribution in [2.45, 2.75) is 18.4 Å². The predicted octanol–water partition coefficient (Wildman–Crippen LogP) is 5.48. The van der Waals surface area contributed by atoms with Crippen molar-refractivity contribution in [2.24, 2.45) is 0 Å². The molecule has 0 bridgehead atoms. The summed E-state index contributed by atoms with van der Waals surface area (Å²) in [6.45, 7) is 0. The van der Waals surface area contributed by atoms with E-state index in [4.69, 9.17) is 4.98 Å². The van der Waals surface area contributed by atoms with Gasteiger partial charge in [-0.25, -0.2) is 4.39 Å². The van der Waals surface area contributed by atoms with E-state index >= 15 is 4.39 Å². The minimum Gasteiger partial charge on any atom is -0.308 e. The number of aromatic nitrogens is 3. The maximum Gasteiger partial charge on any atom is 0.259 e. The minimum absolute atomic E-state index is 0.0921. The number of para-hydroxylation sites is 1. The molecule has 0 unspecified atom stereocenters. The predicted molar refractivity (Wildman–Crippen MR) is 120 cm³/mol. The normalized spacial score (nSPS) is 17.8. The van der Waals surface area contributed by atoms with Gasteiger partial charge in [-0.1, -0.05) is 42.5 Å². The van der Waals surface area contributed by atoms with Crippen LogP contribution in [0.3, 0.4) is 0 Å². The molecule has 4 nitrogen and oxygen atoms in total. The van der Waals surface area contributed by atoms with Crippen LogP contribution >= 0.6 is 0 Å². The average Bonchev–Trinajstić information content (AvgIpc) is 3.62. The molecule has 0 amide bonds. The van der Waals surface area contributed by atoms with Gasteiger partial charge in [0.15, 0.2) is 0 Å². The van der Waals surface area contributed by atoms with Crippen molar-refractivity contribution in [1.82, 2.24) is 14.5 Å². The summed E-state index contributed by atoms with van der Waals surface area (Å²) in [6.07, 6.45) is 5.48. The zero-order chi connectivity index (χ0) is 20.9. The first kappa shape index (κ1) is 18.0. The van der Waals surface area contributed by atoms with Crippen molar-refractivity contribution < 1.29 is 4.39 Å². The van der Waals surface area contributed by atoms with Crippen LogP contribution < -0.4 is 5.56 Å². The summed E-state index contributed by atoms with van der Waals surface area (Å²) in [4.78, 5) is 22.3. The van der Waals surface area contributed by atoms with E-state index in [2.05, 4.69) is 11.1 Å². The Labute approximate surface area is 177 Å². The second kappa shape index (κ2) is 6.84. The number of halogens is 1. The van der Waals surface area contributed by atoms with Crippen molar-refractivity contribution in [3.8, 4) is 11.1 Å². The zero-order valence-corrected chi connectivity index (χ0v) is 16.6. The van der Waals surface area contributed by atoms with Crippen LogP contribution in [0.1, 0.15) is 24.1 Å². The van der Waals surface area contributed by atoms with Gasteiger partial charge in [0.05, 0.1) is 10.9 Å². The van der Waals surface area contributed by atoms with E-state index in [1.54, 1.807) is 29.1 Å². The molecule has 6 rings (SSSR count). The molecule has 2 atom stereocenters. The Hall–Kier alpha value is -3.86. The van der Waals surface area contributed by atoms with Crippen molar-refractivity contribution in [3.05, 3.63) is 107 Å². The van der Waals surface area contributed by atoms with E-state index in [1.165, 1.54) is 6.20 Å². The summed E-state index contributed by atoms with van der Waals surface area (Å²) in [6, 6.07) is 20.9. The number of pyridine rings is 3. The monoisotopic (exact) mass is 407 g/mol. The number of rotatable bonds is 3. The fourth-order valence-corrected chi connectivity index (χ4v) is 4.47. The molecule has 0 spiro atoms. The van der Waals surface area contributed by atoms with Crippen molar-refractivity contribution >= 4 is 21.7 Å². The van der Waals surface area contributed by atoms with Gasteiger partial charge in [0, 0.05) is 47.0 Å². The van der Waals surface area contributed by atoms with Crippen molar-refractivity contribution in [2.75, 3.05) is 0 Å². The second-order valence-electron chi connectivity index (χ2n) is 7.99. The van der Waals surface area contributed by atoms with Crippen LogP contribution in [0.4, 0.5) is 4.39 Å². The minimum atomic E-state index is -0.386. The lowest BCUT2D eigenvalue weighted by atomic mass is 10.00. The molecule has 1 saturated carbocycles. The average molecular weight is 407 g/mol. The molecule has 5 heteroatoms. The fourth-order valence-electron chi connectivity index (χ4n) is 4.47. The van der Waals surface area contributed by atoms with Gasteiger partial charge in [0.1, 0.15) is 5.82 Å². The molecule has 1 fully saturated rings. The highest BCUT2D eigenvalue weighted by molar-refractivity contribution is 5.96. The largest absolute Gasteiger partial charge is 0.308 e. The molecule has 3 heterocycles. The van der Waals surface area contributed by atoms with Crippen molar-refractivity contribution in [3.63, 3.8) is 0 Å². The van der Waals surface area contributed by atoms with Crippen LogP contribution in [0.5, 0.6) is 0 Å². The van der Waals surface area contributed by atoms with Crippen LogP contribution in [0.15, 0.2) is 90.1 Å². The van der Waals surface area contributed by atoms with E-state index in [-0.39, 0.29) is 23.3 Å². The van der Waals surface area contributed by atoms with Crippen LogP contribution in [0.25, 0.3) is 32.8 Å². The topological polar surface area (TPSA) is 47.8 Å². The first-order chi connectivity index (χ1) is 15.2. The lowest BCUT2D eigenvalue weighted by Crippen LogP contribution is -2.21. The standard InChI is InChI=1S/C26H18FN3O/c27-21-15-30(24-14-20(24)23-9-8-17-4-1-2-7-22(17)29-23)26(31)25-18(5-3-6-19(21)25)16-10-12-28-13-11-16/h1-13,15,20,24H,14H2/t20-,24+/m0/s1. The summed E-state index contributed by atoms with van der Waals surface area (Å²) >= 11 is 0. The fraction of sp³-hybridized carbons (Fsp3) is 0.115. The number of nitrogens with zero attached hydrogens (tertiary/aromatic N) is 3. The van der Waals surface area contributed by atoms with Crippen LogP contribution in [-0.2, 0) is 0 Å². The summed E-state index contributed by atoms with van der Waals surface area (Å²) in [5.41, 5.74) is 3.27. The Morgan fingerprint density at radius 2 is 1.77 bits per heavy atom. The maximum absolute atomic E-state index is 15.1. The Morgan fingerprint density at radius 3 is 2.65 bits per heavy atom. The number of hydrogen-bond donors (Lipinski definition) is 0. The third-order valence-corrected chi connectivity index (χ3v) is 6.13. The van der Waals surface area contributed by atoms with Crippen LogP contribution in [-0.4, -0.2) is 14.5 Å². The molecule has 5 aromatic rings. The highest BCUT2D eigenvalue weighted by atomic mass is 19.1. The molecule has 1 aliphatic rings. The summed E-state index contributed by atoms with van der Waals surface area (Å²) in [7, 11) is 0. The number of benzene rings is 2. The third kappa shape index (κ3) is 2.93. The smallest absolute Gasteiger partial charge is 0.259 e. The quantitative estimate of drug-likeness (QED) is 0.398. The highest BCUT2D eigenvalue weighted by Crippen LogP contribution is 2.50. The summed E-state index contributed by atoms with van der Waals surface area (Å²) in [5, 5.41) is 1.83. The third-order valence-electron chi connectivity index (χ3n) is 6.13. The Balaban J connectivity index is 1.47. The van der Waals surface area contributed by atoms with E-state index in [9.17, 15) is 4.79 Å². The summed E-state index contributed by atoms with van der Waals surface area (Å²) in [5.74, 6) is -0.283. The molecule has 3 aromatic heterocycles. The molecule has 1 aliphatic carbocycles. The first-order valence-electron chi connectivity index (χ1n) is 10.3. The molecule has 150 valence electrons. The lowest BCUT2D eigenvalue weighted by molar-refractivity contribution is 0.594. The SMILES string of the molecule is O=c1c2c(-c3ccncc3)cccc2c(F)cn1[C@@H]1C[C@H]1c1ccc2ccccc2n1. The Bertz CT molecular complexity index is 1510. The summed E-state index contributed by atoms with van der Waals surface area (Å²) < 4.78 is 16.6. The maximum atomic E-state index is 15.1. The van der Waals surface area contributed by atoms with Gasteiger partial charge in [0.25, 0.3) is 5.56 Å². The van der Waals surface area contributed by atoms with E-state index in [1.807, 2.05) is 48.5 Å². The first-order valence-corrected chi connectivity index (χ1v) is 10.3. The van der Waals surface area contributed by atoms with Crippen molar-refractivity contribution in [1.29, 1.82) is 0 Å². The second-order valence-corrected chi connectivity index (χ2v) is 7.99. The van der Waals surface area contributed by atoms with Gasteiger partial charge in [-0.05, 0) is 41.8 Å². The van der Waals surface area contributed by atoms with Gasteiger partial charge >= 0.3 is 0 Å². The molecule has 0 aliphatic heterocycles. The molecule has 0 radical (unpaired) electrons. The van der Waals surface area contributed by atoms with E-state index in [0.717, 1.165) is 34.1 Å². The van der Waals surface area contributed by atoms with Gasteiger partial charge < -0.3 is 4.57 Å². The zero-order valence-electron chi connectivity index (χ0n) is 16.6. The van der Waals surface area contributed by atoms with Crippen LogP contribution in [0.2, 0.25) is 0 Å². The Morgan fingerprint density at radius 1 is 0.935 bits per heavy atom. The molecule has 0 N–H and O–H groups in total. The van der Waals surface area contributed by atoms with Crippen LogP contribution in [0, 0.1) is 5.82 Å². The number of fused-ring (bicyclic) bond motifs is 2. The van der Waals surface area contributed by atoms with Gasteiger partial charge in [-0.3, -0.25) is 14.8 Å². The van der Waals surface area contributed by atoms with Gasteiger partial charge in [-0.15, -0.1) is 0 Å². The highest BCUT2D eigenvalue weighted by Gasteiger charge is 2.42. The van der Waals surface area contributed by atoms with E-state index < -0.39 is 0 Å². The Kier molecular flexibility index (Phi) is 3.96. The molecule has 0 saturated heterocycles. The molecule has 31 heavy (non-hydrogen) atoms. The van der Waals surface area contributed by atoms with Gasteiger partial charge in [0.2, 0.25) is 0 Å². The molecular formula is C26H18FN3O. The number of hydrogen-bond acceptors (Lipinski definition) is 3. The molecular weight excluding hydrogens is 389 g/mol. The molecule has 2 aromatic carbocycles. The van der Waals surface area contributed by atoms with E-state index in [0.29, 0.717) is 10.8 Å².